The van der Waals surface area contributed by atoms with Gasteiger partial charge < -0.3 is 0 Å². The van der Waals surface area contributed by atoms with Crippen LogP contribution in [-0.4, -0.2) is 20.3 Å². The SMILES string of the molecule is CC1CCCOS1(=O)=O. The fourth-order valence-electron chi connectivity index (χ4n) is 0.806. The molecular formula is C5H10O3S. The van der Waals surface area contributed by atoms with Crippen molar-refractivity contribution < 1.29 is 12.6 Å². The normalized spacial score (nSPS) is 34.1. The molecule has 0 amide bonds. The lowest BCUT2D eigenvalue weighted by Gasteiger charge is -2.17. The van der Waals surface area contributed by atoms with Crippen molar-refractivity contribution in [1.82, 2.24) is 0 Å². The van der Waals surface area contributed by atoms with Crippen molar-refractivity contribution in [2.45, 2.75) is 25.0 Å². The Balaban J connectivity index is 2.72. The van der Waals surface area contributed by atoms with Crippen LogP contribution >= 0.6 is 0 Å². The van der Waals surface area contributed by atoms with E-state index in [1.54, 1.807) is 6.92 Å². The third-order valence-corrected chi connectivity index (χ3v) is 3.21. The van der Waals surface area contributed by atoms with Gasteiger partial charge >= 0.3 is 0 Å². The molecule has 1 aliphatic heterocycles. The first-order valence-electron chi connectivity index (χ1n) is 3.01. The molecule has 0 N–H and O–H groups in total. The van der Waals surface area contributed by atoms with Crippen LogP contribution in [0.3, 0.4) is 0 Å². The van der Waals surface area contributed by atoms with Crippen LogP contribution in [0.25, 0.3) is 0 Å². The first-order valence-corrected chi connectivity index (χ1v) is 4.48. The van der Waals surface area contributed by atoms with Crippen molar-refractivity contribution in [3.8, 4) is 0 Å². The van der Waals surface area contributed by atoms with E-state index < -0.39 is 10.1 Å². The summed E-state index contributed by atoms with van der Waals surface area (Å²) < 4.78 is 26.1. The molecule has 4 heteroatoms. The molecule has 1 atom stereocenters. The minimum Gasteiger partial charge on any atom is -0.270 e. The summed E-state index contributed by atoms with van der Waals surface area (Å²) in [6.45, 7) is 2.04. The van der Waals surface area contributed by atoms with Crippen molar-refractivity contribution in [2.75, 3.05) is 6.61 Å². The largest absolute Gasteiger partial charge is 0.270 e. The lowest BCUT2D eigenvalue weighted by molar-refractivity contribution is 0.278. The Kier molecular flexibility index (Phi) is 1.77. The molecule has 1 saturated heterocycles. The van der Waals surface area contributed by atoms with Gasteiger partial charge in [0.05, 0.1) is 11.9 Å². The monoisotopic (exact) mass is 150 g/mol. The van der Waals surface area contributed by atoms with Gasteiger partial charge in [0.1, 0.15) is 0 Å². The van der Waals surface area contributed by atoms with Crippen LogP contribution in [-0.2, 0) is 14.3 Å². The van der Waals surface area contributed by atoms with Crippen LogP contribution in [0.4, 0.5) is 0 Å². The van der Waals surface area contributed by atoms with Crippen LogP contribution < -0.4 is 0 Å². The van der Waals surface area contributed by atoms with Gasteiger partial charge in [-0.25, -0.2) is 0 Å². The lowest BCUT2D eigenvalue weighted by atomic mass is 10.2. The van der Waals surface area contributed by atoms with Crippen molar-refractivity contribution in [3.05, 3.63) is 0 Å². The highest BCUT2D eigenvalue weighted by Crippen LogP contribution is 2.15. The van der Waals surface area contributed by atoms with Gasteiger partial charge in [0.2, 0.25) is 0 Å². The molecule has 1 rings (SSSR count). The fraction of sp³-hybridized carbons (Fsp3) is 1.00. The first-order chi connectivity index (χ1) is 4.13. The van der Waals surface area contributed by atoms with E-state index in [4.69, 9.17) is 0 Å². The topological polar surface area (TPSA) is 43.4 Å². The summed E-state index contributed by atoms with van der Waals surface area (Å²) in [5, 5.41) is -0.300. The molecule has 0 aromatic carbocycles. The number of rotatable bonds is 0. The zero-order valence-electron chi connectivity index (χ0n) is 5.33. The Morgan fingerprint density at radius 3 is 2.56 bits per heavy atom. The van der Waals surface area contributed by atoms with Crippen molar-refractivity contribution in [1.29, 1.82) is 0 Å². The number of hydrogen-bond donors (Lipinski definition) is 0. The zero-order valence-corrected chi connectivity index (χ0v) is 6.15. The van der Waals surface area contributed by atoms with Crippen molar-refractivity contribution in [3.63, 3.8) is 0 Å². The molecule has 1 fully saturated rings. The Morgan fingerprint density at radius 2 is 2.22 bits per heavy atom. The van der Waals surface area contributed by atoms with Crippen LogP contribution in [0.15, 0.2) is 0 Å². The molecule has 0 aliphatic carbocycles. The smallest absolute Gasteiger partial charge is 0.269 e. The molecule has 9 heavy (non-hydrogen) atoms. The summed E-state index contributed by atoms with van der Waals surface area (Å²) >= 11 is 0. The Hall–Kier alpha value is -0.0900. The van der Waals surface area contributed by atoms with Gasteiger partial charge in [-0.15, -0.1) is 0 Å². The first kappa shape index (κ1) is 7.02. The minimum atomic E-state index is -3.16. The molecule has 0 saturated carbocycles. The number of hydrogen-bond acceptors (Lipinski definition) is 3. The highest BCUT2D eigenvalue weighted by atomic mass is 32.2. The van der Waals surface area contributed by atoms with E-state index in [9.17, 15) is 8.42 Å². The average Bonchev–Trinajstić information content (AvgIpc) is 1.77. The predicted octanol–water partition coefficient (Wildman–Crippen LogP) is 0.515. The van der Waals surface area contributed by atoms with Crippen LogP contribution in [0.5, 0.6) is 0 Å². The van der Waals surface area contributed by atoms with E-state index in [1.807, 2.05) is 0 Å². The summed E-state index contributed by atoms with van der Waals surface area (Å²) in [6.07, 6.45) is 1.60. The van der Waals surface area contributed by atoms with Gasteiger partial charge in [-0.1, -0.05) is 0 Å². The fourth-order valence-corrected chi connectivity index (χ4v) is 1.84. The standard InChI is InChI=1S/C5H10O3S/c1-5-3-2-4-8-9(5,6)7/h5H,2-4H2,1H3. The molecule has 0 aromatic heterocycles. The van der Waals surface area contributed by atoms with Crippen LogP contribution in [0, 0.1) is 0 Å². The molecule has 0 aromatic rings. The van der Waals surface area contributed by atoms with Gasteiger partial charge in [0.25, 0.3) is 10.1 Å². The Labute approximate surface area is 55.1 Å². The maximum absolute atomic E-state index is 10.8. The van der Waals surface area contributed by atoms with Crippen LogP contribution in [0.2, 0.25) is 0 Å². The van der Waals surface area contributed by atoms with E-state index in [0.29, 0.717) is 6.61 Å². The van der Waals surface area contributed by atoms with E-state index in [-0.39, 0.29) is 5.25 Å². The molecule has 1 heterocycles. The quantitative estimate of drug-likeness (QED) is 0.473. The van der Waals surface area contributed by atoms with E-state index in [0.717, 1.165) is 12.8 Å². The third-order valence-electron chi connectivity index (χ3n) is 1.50. The second-order valence-electron chi connectivity index (χ2n) is 2.27. The summed E-state index contributed by atoms with van der Waals surface area (Å²) in [7, 11) is -3.16. The molecule has 54 valence electrons. The molecule has 0 spiro atoms. The molecular weight excluding hydrogens is 140 g/mol. The average molecular weight is 150 g/mol. The molecule has 0 radical (unpaired) electrons. The van der Waals surface area contributed by atoms with Gasteiger partial charge in [-0.05, 0) is 19.8 Å². The van der Waals surface area contributed by atoms with E-state index >= 15 is 0 Å². The summed E-state index contributed by atoms with van der Waals surface area (Å²) in [4.78, 5) is 0. The molecule has 0 bridgehead atoms. The minimum absolute atomic E-state index is 0.300. The van der Waals surface area contributed by atoms with Crippen molar-refractivity contribution in [2.24, 2.45) is 0 Å². The molecule has 1 unspecified atom stereocenters. The summed E-state index contributed by atoms with van der Waals surface area (Å²) in [6, 6.07) is 0. The van der Waals surface area contributed by atoms with Crippen LogP contribution in [0.1, 0.15) is 19.8 Å². The third kappa shape index (κ3) is 1.43. The maximum Gasteiger partial charge on any atom is 0.269 e. The predicted molar refractivity (Wildman–Crippen MR) is 33.6 cm³/mol. The highest BCUT2D eigenvalue weighted by molar-refractivity contribution is 7.87. The second-order valence-corrected chi connectivity index (χ2v) is 4.29. The summed E-state index contributed by atoms with van der Waals surface area (Å²) in [5.41, 5.74) is 0. The molecule has 1 aliphatic rings. The van der Waals surface area contributed by atoms with Gasteiger partial charge in [-0.3, -0.25) is 4.18 Å². The maximum atomic E-state index is 10.8. The van der Waals surface area contributed by atoms with E-state index in [2.05, 4.69) is 4.18 Å². The summed E-state index contributed by atoms with van der Waals surface area (Å²) in [5.74, 6) is 0. The van der Waals surface area contributed by atoms with Gasteiger partial charge in [-0.2, -0.15) is 8.42 Å². The highest BCUT2D eigenvalue weighted by Gasteiger charge is 2.24. The second kappa shape index (κ2) is 2.27. The van der Waals surface area contributed by atoms with E-state index in [1.165, 1.54) is 0 Å². The molecule has 3 nitrogen and oxygen atoms in total. The lowest BCUT2D eigenvalue weighted by Crippen LogP contribution is -2.26. The Morgan fingerprint density at radius 1 is 1.56 bits per heavy atom. The zero-order chi connectivity index (χ0) is 6.91. The van der Waals surface area contributed by atoms with Crippen molar-refractivity contribution >= 4 is 10.1 Å². The Bertz CT molecular complexity index is 182. The van der Waals surface area contributed by atoms with Gasteiger partial charge in [0.15, 0.2) is 0 Å². The van der Waals surface area contributed by atoms with Gasteiger partial charge in [0, 0.05) is 0 Å².